The Kier molecular flexibility index (Phi) is 4.17. The average molecular weight is 303 g/mol. The van der Waals surface area contributed by atoms with Crippen LogP contribution in [0.2, 0.25) is 0 Å². The predicted molar refractivity (Wildman–Crippen MR) is 79.9 cm³/mol. The minimum Gasteiger partial charge on any atom is -0.379 e. The van der Waals surface area contributed by atoms with Gasteiger partial charge in [-0.3, -0.25) is 4.79 Å². The summed E-state index contributed by atoms with van der Waals surface area (Å²) in [6, 6.07) is 6.92. The molecule has 2 atom stereocenters. The Bertz CT molecular complexity index is 743. The highest BCUT2D eigenvalue weighted by Gasteiger charge is 2.28. The third-order valence-corrected chi connectivity index (χ3v) is 3.78. The Balaban J connectivity index is 1.90. The average Bonchev–Trinajstić information content (AvgIpc) is 2.54. The molecule has 22 heavy (non-hydrogen) atoms. The maximum Gasteiger partial charge on any atom is 0.346 e. The highest BCUT2D eigenvalue weighted by Crippen LogP contribution is 2.15. The Morgan fingerprint density at radius 2 is 2.27 bits per heavy atom. The predicted octanol–water partition coefficient (Wildman–Crippen LogP) is 0.457. The molecule has 116 valence electrons. The molecule has 1 amide bonds. The number of ether oxygens (including phenoxy) is 2. The van der Waals surface area contributed by atoms with Gasteiger partial charge in [-0.05, 0) is 12.5 Å². The quantitative estimate of drug-likeness (QED) is 0.859. The number of para-hydroxylation sites is 1. The van der Waals surface area contributed by atoms with Crippen LogP contribution in [0.5, 0.6) is 0 Å². The summed E-state index contributed by atoms with van der Waals surface area (Å²) < 4.78 is 10.7. The first-order valence-corrected chi connectivity index (χ1v) is 7.09. The molecule has 1 aliphatic heterocycles. The van der Waals surface area contributed by atoms with Crippen LogP contribution < -0.4 is 11.0 Å². The van der Waals surface area contributed by atoms with Gasteiger partial charge in [0, 0.05) is 19.1 Å². The van der Waals surface area contributed by atoms with E-state index in [4.69, 9.17) is 9.47 Å². The second kappa shape index (κ2) is 6.25. The van der Waals surface area contributed by atoms with Gasteiger partial charge in [-0.25, -0.2) is 4.79 Å². The Labute approximate surface area is 126 Å². The van der Waals surface area contributed by atoms with Gasteiger partial charge < -0.3 is 19.8 Å². The molecule has 1 fully saturated rings. The standard InChI is InChI=1S/C15H17N3O4/c1-21-12-8-22-7-6-11(12)16-14(19)13-9-4-2-3-5-10(9)17-15(20)18-13/h2-5,11-12H,6-8H2,1H3,(H,16,19)(H,17,18,20)/t11-,12-/m1/s1. The molecular formula is C15H17N3O4. The first kappa shape index (κ1) is 14.7. The summed E-state index contributed by atoms with van der Waals surface area (Å²) in [7, 11) is 1.58. The number of hydrogen-bond donors (Lipinski definition) is 2. The van der Waals surface area contributed by atoms with E-state index in [2.05, 4.69) is 15.3 Å². The lowest BCUT2D eigenvalue weighted by Gasteiger charge is -2.30. The Hall–Kier alpha value is -2.25. The van der Waals surface area contributed by atoms with Crippen molar-refractivity contribution in [2.75, 3.05) is 20.3 Å². The summed E-state index contributed by atoms with van der Waals surface area (Å²) in [5, 5.41) is 3.51. The summed E-state index contributed by atoms with van der Waals surface area (Å²) in [5.74, 6) is -0.378. The smallest absolute Gasteiger partial charge is 0.346 e. The van der Waals surface area contributed by atoms with Crippen LogP contribution in [0, 0.1) is 0 Å². The molecule has 0 radical (unpaired) electrons. The number of rotatable bonds is 3. The molecule has 2 N–H and O–H groups in total. The normalized spacial score (nSPS) is 21.7. The first-order chi connectivity index (χ1) is 10.7. The molecular weight excluding hydrogens is 286 g/mol. The van der Waals surface area contributed by atoms with E-state index >= 15 is 0 Å². The van der Waals surface area contributed by atoms with Crippen LogP contribution in [0.15, 0.2) is 29.1 Å². The molecule has 2 aromatic rings. The molecule has 0 saturated carbocycles. The van der Waals surface area contributed by atoms with Crippen molar-refractivity contribution in [2.45, 2.75) is 18.6 Å². The monoisotopic (exact) mass is 303 g/mol. The Morgan fingerprint density at radius 1 is 1.45 bits per heavy atom. The second-order valence-electron chi connectivity index (χ2n) is 5.15. The summed E-state index contributed by atoms with van der Waals surface area (Å²) in [6.45, 7) is 0.999. The molecule has 7 nitrogen and oxygen atoms in total. The third-order valence-electron chi connectivity index (χ3n) is 3.78. The van der Waals surface area contributed by atoms with Crippen LogP contribution >= 0.6 is 0 Å². The molecule has 0 bridgehead atoms. The summed E-state index contributed by atoms with van der Waals surface area (Å²) >= 11 is 0. The SMILES string of the molecule is CO[C@@H]1COCC[C@H]1NC(=O)c1nc(=O)[nH]c2ccccc12. The van der Waals surface area contributed by atoms with Crippen molar-refractivity contribution < 1.29 is 14.3 Å². The second-order valence-corrected chi connectivity index (χ2v) is 5.15. The minimum absolute atomic E-state index is 0.126. The maximum absolute atomic E-state index is 12.5. The van der Waals surface area contributed by atoms with E-state index in [1.54, 1.807) is 31.4 Å². The van der Waals surface area contributed by atoms with Gasteiger partial charge >= 0.3 is 5.69 Å². The van der Waals surface area contributed by atoms with Crippen LogP contribution in [0.25, 0.3) is 10.9 Å². The van der Waals surface area contributed by atoms with E-state index in [0.29, 0.717) is 30.5 Å². The lowest BCUT2D eigenvalue weighted by molar-refractivity contribution is -0.0479. The fourth-order valence-corrected chi connectivity index (χ4v) is 2.62. The van der Waals surface area contributed by atoms with Crippen molar-refractivity contribution in [1.29, 1.82) is 0 Å². The minimum atomic E-state index is -0.542. The van der Waals surface area contributed by atoms with Gasteiger partial charge in [-0.15, -0.1) is 0 Å². The van der Waals surface area contributed by atoms with E-state index in [0.717, 1.165) is 0 Å². The van der Waals surface area contributed by atoms with Crippen LogP contribution in [-0.4, -0.2) is 48.3 Å². The number of fused-ring (bicyclic) bond motifs is 1. The van der Waals surface area contributed by atoms with Crippen LogP contribution in [0.1, 0.15) is 16.9 Å². The molecule has 0 aliphatic carbocycles. The third kappa shape index (κ3) is 2.86. The Morgan fingerprint density at radius 3 is 3.09 bits per heavy atom. The van der Waals surface area contributed by atoms with Crippen molar-refractivity contribution >= 4 is 16.8 Å². The number of nitrogens with zero attached hydrogens (tertiary/aromatic N) is 1. The first-order valence-electron chi connectivity index (χ1n) is 7.09. The van der Waals surface area contributed by atoms with Gasteiger partial charge in [0.2, 0.25) is 0 Å². The van der Waals surface area contributed by atoms with E-state index < -0.39 is 5.69 Å². The van der Waals surface area contributed by atoms with Crippen molar-refractivity contribution in [1.82, 2.24) is 15.3 Å². The van der Waals surface area contributed by atoms with Gasteiger partial charge in [0.25, 0.3) is 5.91 Å². The fourth-order valence-electron chi connectivity index (χ4n) is 2.62. The van der Waals surface area contributed by atoms with Crippen LogP contribution in [0.4, 0.5) is 0 Å². The van der Waals surface area contributed by atoms with Gasteiger partial charge in [0.15, 0.2) is 0 Å². The molecule has 0 spiro atoms. The highest BCUT2D eigenvalue weighted by molar-refractivity contribution is 6.04. The zero-order valence-electron chi connectivity index (χ0n) is 12.2. The number of aromatic nitrogens is 2. The number of nitrogens with one attached hydrogen (secondary N) is 2. The number of carbonyl (C=O) groups excluding carboxylic acids is 1. The van der Waals surface area contributed by atoms with Crippen molar-refractivity contribution in [3.63, 3.8) is 0 Å². The highest BCUT2D eigenvalue weighted by atomic mass is 16.5. The number of amides is 1. The summed E-state index contributed by atoms with van der Waals surface area (Å²) in [6.07, 6.45) is 0.455. The lowest BCUT2D eigenvalue weighted by atomic mass is 10.1. The van der Waals surface area contributed by atoms with Crippen molar-refractivity contribution in [2.24, 2.45) is 0 Å². The van der Waals surface area contributed by atoms with Gasteiger partial charge in [0.05, 0.1) is 18.2 Å². The lowest BCUT2D eigenvalue weighted by Crippen LogP contribution is -2.50. The van der Waals surface area contributed by atoms with Crippen LogP contribution in [0.3, 0.4) is 0 Å². The molecule has 1 aromatic carbocycles. The van der Waals surface area contributed by atoms with E-state index in [9.17, 15) is 9.59 Å². The zero-order valence-corrected chi connectivity index (χ0v) is 12.2. The molecule has 1 aliphatic rings. The molecule has 2 heterocycles. The summed E-state index contributed by atoms with van der Waals surface area (Å²) in [5.41, 5.74) is 0.169. The largest absolute Gasteiger partial charge is 0.379 e. The number of aromatic amines is 1. The topological polar surface area (TPSA) is 93.3 Å². The number of H-pyrrole nitrogens is 1. The maximum atomic E-state index is 12.5. The van der Waals surface area contributed by atoms with Gasteiger partial charge in [0.1, 0.15) is 11.8 Å². The number of hydrogen-bond acceptors (Lipinski definition) is 5. The molecule has 1 aromatic heterocycles. The van der Waals surface area contributed by atoms with E-state index in [1.165, 1.54) is 0 Å². The zero-order chi connectivity index (χ0) is 15.5. The van der Waals surface area contributed by atoms with Gasteiger partial charge in [-0.2, -0.15) is 4.98 Å². The fraction of sp³-hybridized carbons (Fsp3) is 0.400. The number of benzene rings is 1. The molecule has 7 heteroatoms. The molecule has 1 saturated heterocycles. The molecule has 3 rings (SSSR count). The molecule has 0 unspecified atom stereocenters. The van der Waals surface area contributed by atoms with E-state index in [1.807, 2.05) is 0 Å². The number of carbonyl (C=O) groups is 1. The summed E-state index contributed by atoms with van der Waals surface area (Å²) in [4.78, 5) is 30.6. The van der Waals surface area contributed by atoms with Crippen molar-refractivity contribution in [3.05, 3.63) is 40.4 Å². The van der Waals surface area contributed by atoms with Crippen LogP contribution in [-0.2, 0) is 9.47 Å². The number of methoxy groups -OCH3 is 1. The van der Waals surface area contributed by atoms with E-state index in [-0.39, 0.29) is 23.7 Å². The van der Waals surface area contributed by atoms with Gasteiger partial charge in [-0.1, -0.05) is 18.2 Å². The van der Waals surface area contributed by atoms with Crippen molar-refractivity contribution in [3.8, 4) is 0 Å².